The van der Waals surface area contributed by atoms with Crippen molar-refractivity contribution in [3.8, 4) is 5.88 Å². The van der Waals surface area contributed by atoms with E-state index < -0.39 is 4.92 Å². The Kier molecular flexibility index (Phi) is 3.17. The third kappa shape index (κ3) is 2.55. The Balaban J connectivity index is 2.97. The molecule has 0 unspecified atom stereocenters. The Bertz CT molecular complexity index is 374. The van der Waals surface area contributed by atoms with Crippen LogP contribution in [0.5, 0.6) is 5.88 Å². The van der Waals surface area contributed by atoms with Crippen LogP contribution in [0.1, 0.15) is 12.6 Å². The van der Waals surface area contributed by atoms with Crippen LogP contribution >= 0.6 is 0 Å². The van der Waals surface area contributed by atoms with E-state index in [4.69, 9.17) is 4.74 Å². The Labute approximate surface area is 81.2 Å². The number of hydrogen-bond donors (Lipinski definition) is 0. The molecule has 0 saturated carbocycles. The van der Waals surface area contributed by atoms with Crippen LogP contribution in [0, 0.1) is 10.1 Å². The van der Waals surface area contributed by atoms with Gasteiger partial charge in [-0.3, -0.25) is 10.1 Å². The molecule has 1 aromatic rings. The Morgan fingerprint density at radius 3 is 2.93 bits per heavy atom. The molecule has 0 N–H and O–H groups in total. The van der Waals surface area contributed by atoms with E-state index in [-0.39, 0.29) is 5.70 Å². The molecule has 1 aromatic heterocycles. The van der Waals surface area contributed by atoms with E-state index in [0.717, 1.165) is 0 Å². The molecule has 0 fully saturated rings. The first-order chi connectivity index (χ1) is 6.63. The van der Waals surface area contributed by atoms with Gasteiger partial charge in [0.2, 0.25) is 11.6 Å². The first-order valence-corrected chi connectivity index (χ1v) is 3.97. The predicted molar refractivity (Wildman–Crippen MR) is 51.4 cm³/mol. The number of pyridine rings is 1. The van der Waals surface area contributed by atoms with Gasteiger partial charge < -0.3 is 4.74 Å². The van der Waals surface area contributed by atoms with E-state index in [9.17, 15) is 10.1 Å². The summed E-state index contributed by atoms with van der Waals surface area (Å²) in [5.41, 5.74) is 0.560. The average Bonchev–Trinajstić information content (AvgIpc) is 2.18. The van der Waals surface area contributed by atoms with E-state index in [2.05, 4.69) is 4.98 Å². The van der Waals surface area contributed by atoms with Crippen LogP contribution in [0.25, 0.3) is 6.08 Å². The molecule has 0 aliphatic heterocycles. The highest BCUT2D eigenvalue weighted by Gasteiger charge is 2.03. The molecular formula is C9H10N2O3. The summed E-state index contributed by atoms with van der Waals surface area (Å²) in [5, 5.41) is 10.3. The van der Waals surface area contributed by atoms with Crippen molar-refractivity contribution in [3.63, 3.8) is 0 Å². The lowest BCUT2D eigenvalue weighted by Gasteiger charge is -1.98. The molecule has 14 heavy (non-hydrogen) atoms. The van der Waals surface area contributed by atoms with Crippen molar-refractivity contribution in [2.24, 2.45) is 0 Å². The van der Waals surface area contributed by atoms with Crippen LogP contribution in [-0.4, -0.2) is 17.0 Å². The molecule has 5 heteroatoms. The molecule has 1 rings (SSSR count). The molecule has 0 spiro atoms. The van der Waals surface area contributed by atoms with Crippen LogP contribution in [0.15, 0.2) is 23.9 Å². The molecule has 0 aliphatic rings. The normalized spacial score (nSPS) is 11.1. The van der Waals surface area contributed by atoms with Crippen LogP contribution < -0.4 is 4.74 Å². The van der Waals surface area contributed by atoms with Crippen LogP contribution in [0.2, 0.25) is 0 Å². The van der Waals surface area contributed by atoms with Crippen molar-refractivity contribution in [2.75, 3.05) is 7.11 Å². The maximum Gasteiger partial charge on any atom is 0.245 e. The molecule has 74 valence electrons. The third-order valence-electron chi connectivity index (χ3n) is 1.60. The summed E-state index contributed by atoms with van der Waals surface area (Å²) in [5.74, 6) is 0.440. The maximum atomic E-state index is 10.3. The van der Waals surface area contributed by atoms with Gasteiger partial charge in [-0.25, -0.2) is 4.98 Å². The molecule has 0 saturated heterocycles. The lowest BCUT2D eigenvalue weighted by molar-refractivity contribution is -0.422. The molecule has 0 amide bonds. The fourth-order valence-corrected chi connectivity index (χ4v) is 0.892. The Hall–Kier alpha value is -1.91. The van der Waals surface area contributed by atoms with E-state index in [1.54, 1.807) is 18.2 Å². The number of nitrogens with zero attached hydrogens (tertiary/aromatic N) is 2. The summed E-state index contributed by atoms with van der Waals surface area (Å²) < 4.78 is 4.89. The minimum absolute atomic E-state index is 0.0470. The van der Waals surface area contributed by atoms with Gasteiger partial charge in [-0.1, -0.05) is 6.07 Å². The molecule has 0 aliphatic carbocycles. The summed E-state index contributed by atoms with van der Waals surface area (Å²) in [6.07, 6.45) is 1.39. The molecule has 0 radical (unpaired) electrons. The van der Waals surface area contributed by atoms with E-state index in [1.165, 1.54) is 20.1 Å². The fraction of sp³-hybridized carbons (Fsp3) is 0.222. The molecule has 0 aromatic carbocycles. The number of hydrogen-bond acceptors (Lipinski definition) is 4. The van der Waals surface area contributed by atoms with Gasteiger partial charge in [-0.2, -0.15) is 0 Å². The number of allylic oxidation sites excluding steroid dienone is 1. The monoisotopic (exact) mass is 194 g/mol. The van der Waals surface area contributed by atoms with Gasteiger partial charge in [0.15, 0.2) is 0 Å². The summed E-state index contributed by atoms with van der Waals surface area (Å²) in [6.45, 7) is 1.42. The molecule has 1 heterocycles. The van der Waals surface area contributed by atoms with Crippen molar-refractivity contribution in [2.45, 2.75) is 6.92 Å². The number of rotatable bonds is 3. The van der Waals surface area contributed by atoms with Crippen LogP contribution in [0.3, 0.4) is 0 Å². The van der Waals surface area contributed by atoms with Gasteiger partial charge in [0.1, 0.15) is 0 Å². The predicted octanol–water partition coefficient (Wildman–Crippen LogP) is 1.73. The van der Waals surface area contributed by atoms with Gasteiger partial charge in [0.25, 0.3) is 0 Å². The molecule has 5 nitrogen and oxygen atoms in total. The first-order valence-electron chi connectivity index (χ1n) is 3.97. The van der Waals surface area contributed by atoms with Gasteiger partial charge in [0.05, 0.1) is 17.7 Å². The highest BCUT2D eigenvalue weighted by Crippen LogP contribution is 2.09. The lowest BCUT2D eigenvalue weighted by Crippen LogP contribution is -1.94. The van der Waals surface area contributed by atoms with Gasteiger partial charge in [-0.15, -0.1) is 0 Å². The highest BCUT2D eigenvalue weighted by molar-refractivity contribution is 5.46. The summed E-state index contributed by atoms with van der Waals surface area (Å²) in [6, 6.07) is 5.08. The van der Waals surface area contributed by atoms with E-state index in [0.29, 0.717) is 11.6 Å². The Morgan fingerprint density at radius 2 is 2.36 bits per heavy atom. The number of methoxy groups -OCH3 is 1. The van der Waals surface area contributed by atoms with Crippen molar-refractivity contribution >= 4 is 6.08 Å². The largest absolute Gasteiger partial charge is 0.481 e. The Morgan fingerprint density at radius 1 is 1.64 bits per heavy atom. The minimum Gasteiger partial charge on any atom is -0.481 e. The standard InChI is InChI=1S/C9H10N2O3/c1-7(11(12)13)6-8-4-3-5-9(10-8)14-2/h3-6H,1-2H3/b7-6-. The van der Waals surface area contributed by atoms with E-state index >= 15 is 0 Å². The zero-order chi connectivity index (χ0) is 10.6. The summed E-state index contributed by atoms with van der Waals surface area (Å²) >= 11 is 0. The molecule has 0 bridgehead atoms. The number of nitro groups is 1. The van der Waals surface area contributed by atoms with Crippen molar-refractivity contribution in [1.82, 2.24) is 4.98 Å². The van der Waals surface area contributed by atoms with Crippen LogP contribution in [0.4, 0.5) is 0 Å². The van der Waals surface area contributed by atoms with E-state index in [1.807, 2.05) is 0 Å². The second-order valence-corrected chi connectivity index (χ2v) is 2.65. The lowest BCUT2D eigenvalue weighted by atomic mass is 10.3. The van der Waals surface area contributed by atoms with Gasteiger partial charge in [0, 0.05) is 19.1 Å². The first kappa shape index (κ1) is 10.2. The maximum absolute atomic E-state index is 10.3. The third-order valence-corrected chi connectivity index (χ3v) is 1.60. The van der Waals surface area contributed by atoms with Gasteiger partial charge in [-0.05, 0) is 6.07 Å². The van der Waals surface area contributed by atoms with Crippen molar-refractivity contribution < 1.29 is 9.66 Å². The second kappa shape index (κ2) is 4.36. The highest BCUT2D eigenvalue weighted by atomic mass is 16.6. The van der Waals surface area contributed by atoms with Crippen molar-refractivity contribution in [3.05, 3.63) is 39.7 Å². The molecular weight excluding hydrogens is 184 g/mol. The summed E-state index contributed by atoms with van der Waals surface area (Å²) in [7, 11) is 1.50. The summed E-state index contributed by atoms with van der Waals surface area (Å²) in [4.78, 5) is 13.9. The smallest absolute Gasteiger partial charge is 0.245 e. The molecule has 0 atom stereocenters. The number of aromatic nitrogens is 1. The SMILES string of the molecule is COc1cccc(/C=C(/C)[N+](=O)[O-])n1. The number of ether oxygens (including phenoxy) is 1. The zero-order valence-corrected chi connectivity index (χ0v) is 7.93. The minimum atomic E-state index is -0.457. The van der Waals surface area contributed by atoms with Crippen molar-refractivity contribution in [1.29, 1.82) is 0 Å². The fourth-order valence-electron chi connectivity index (χ4n) is 0.892. The zero-order valence-electron chi connectivity index (χ0n) is 7.93. The topological polar surface area (TPSA) is 65.3 Å². The second-order valence-electron chi connectivity index (χ2n) is 2.65. The quantitative estimate of drug-likeness (QED) is 0.542. The average molecular weight is 194 g/mol. The van der Waals surface area contributed by atoms with Crippen LogP contribution in [-0.2, 0) is 0 Å². The van der Waals surface area contributed by atoms with Gasteiger partial charge >= 0.3 is 0 Å².